The second kappa shape index (κ2) is 5.96. The summed E-state index contributed by atoms with van der Waals surface area (Å²) in [5, 5.41) is 21.0. The first-order valence-corrected chi connectivity index (χ1v) is 6.03. The Morgan fingerprint density at radius 3 is 2.24 bits per heavy atom. The molecule has 1 amide bonds. The van der Waals surface area contributed by atoms with Crippen molar-refractivity contribution >= 4 is 17.6 Å². The zero-order chi connectivity index (χ0) is 15.4. The highest BCUT2D eigenvalue weighted by Crippen LogP contribution is 2.25. The second-order valence-electron chi connectivity index (χ2n) is 4.22. The lowest BCUT2D eigenvalue weighted by Gasteiger charge is -2.08. The van der Waals surface area contributed by atoms with Crippen molar-refractivity contribution < 1.29 is 24.5 Å². The summed E-state index contributed by atoms with van der Waals surface area (Å²) in [7, 11) is 1.52. The molecule has 0 fully saturated rings. The smallest absolute Gasteiger partial charge is 0.335 e. The first-order valence-electron chi connectivity index (χ1n) is 6.03. The zero-order valence-electron chi connectivity index (χ0n) is 11.2. The summed E-state index contributed by atoms with van der Waals surface area (Å²) in [6.45, 7) is 0. The Bertz CT molecular complexity index is 679. The van der Waals surface area contributed by atoms with Gasteiger partial charge in [-0.25, -0.2) is 4.79 Å². The fourth-order valence-corrected chi connectivity index (χ4v) is 1.71. The van der Waals surface area contributed by atoms with Crippen LogP contribution < -0.4 is 10.1 Å². The number of nitrogens with one attached hydrogen (secondary N) is 1. The number of carbonyl (C=O) groups is 2. The lowest BCUT2D eigenvalue weighted by Crippen LogP contribution is -2.12. The Morgan fingerprint density at radius 1 is 1.05 bits per heavy atom. The van der Waals surface area contributed by atoms with Gasteiger partial charge in [-0.05, 0) is 42.5 Å². The molecule has 3 N–H and O–H groups in total. The standard InChI is InChI=1S/C15H13NO5/c1-21-11-5-2-9(3-6-11)14(18)16-12-8-10(15(19)20)4-7-13(12)17/h2-8,17H,1H3,(H,16,18)(H,19,20). The lowest BCUT2D eigenvalue weighted by molar-refractivity contribution is 0.0696. The van der Waals surface area contributed by atoms with Gasteiger partial charge in [-0.15, -0.1) is 0 Å². The third kappa shape index (κ3) is 3.30. The van der Waals surface area contributed by atoms with Crippen LogP contribution in [0.4, 0.5) is 5.69 Å². The van der Waals surface area contributed by atoms with Crippen LogP contribution in [-0.4, -0.2) is 29.2 Å². The molecule has 0 aliphatic rings. The minimum Gasteiger partial charge on any atom is -0.506 e. The SMILES string of the molecule is COc1ccc(C(=O)Nc2cc(C(=O)O)ccc2O)cc1. The number of anilines is 1. The van der Waals surface area contributed by atoms with Crippen LogP contribution in [-0.2, 0) is 0 Å². The Kier molecular flexibility index (Phi) is 4.08. The third-order valence-electron chi connectivity index (χ3n) is 2.84. The number of benzene rings is 2. The van der Waals surface area contributed by atoms with E-state index >= 15 is 0 Å². The van der Waals surface area contributed by atoms with E-state index in [1.54, 1.807) is 24.3 Å². The van der Waals surface area contributed by atoms with Gasteiger partial charge in [-0.3, -0.25) is 4.79 Å². The van der Waals surface area contributed by atoms with Crippen molar-refractivity contribution in [2.24, 2.45) is 0 Å². The van der Waals surface area contributed by atoms with Gasteiger partial charge in [0.1, 0.15) is 11.5 Å². The fraction of sp³-hybridized carbons (Fsp3) is 0.0667. The maximum absolute atomic E-state index is 12.0. The number of phenolic OH excluding ortho intramolecular Hbond substituents is 1. The molecular formula is C15H13NO5. The number of rotatable bonds is 4. The van der Waals surface area contributed by atoms with E-state index in [1.165, 1.54) is 25.3 Å². The number of carbonyl (C=O) groups excluding carboxylic acids is 1. The predicted octanol–water partition coefficient (Wildman–Crippen LogP) is 2.35. The number of amides is 1. The molecule has 0 aliphatic carbocycles. The number of methoxy groups -OCH3 is 1. The summed E-state index contributed by atoms with van der Waals surface area (Å²) in [5.41, 5.74) is 0.365. The molecule has 0 heterocycles. The van der Waals surface area contributed by atoms with Crippen LogP contribution in [0.2, 0.25) is 0 Å². The fourth-order valence-electron chi connectivity index (χ4n) is 1.71. The first kappa shape index (κ1) is 14.4. The molecule has 0 bridgehead atoms. The molecular weight excluding hydrogens is 274 g/mol. The highest BCUT2D eigenvalue weighted by molar-refractivity contribution is 6.05. The maximum atomic E-state index is 12.0. The number of hydrogen-bond acceptors (Lipinski definition) is 4. The number of aromatic hydroxyl groups is 1. The van der Waals surface area contributed by atoms with E-state index in [0.717, 1.165) is 0 Å². The Balaban J connectivity index is 2.22. The largest absolute Gasteiger partial charge is 0.506 e. The highest BCUT2D eigenvalue weighted by Gasteiger charge is 2.12. The Morgan fingerprint density at radius 2 is 1.67 bits per heavy atom. The van der Waals surface area contributed by atoms with Gasteiger partial charge in [0, 0.05) is 5.56 Å². The van der Waals surface area contributed by atoms with Crippen LogP contribution in [0.5, 0.6) is 11.5 Å². The molecule has 6 heteroatoms. The molecule has 108 valence electrons. The second-order valence-corrected chi connectivity index (χ2v) is 4.22. The number of carboxylic acid groups (broad SMARTS) is 1. The van der Waals surface area contributed by atoms with Gasteiger partial charge >= 0.3 is 5.97 Å². The maximum Gasteiger partial charge on any atom is 0.335 e. The van der Waals surface area contributed by atoms with Crippen molar-refractivity contribution in [2.45, 2.75) is 0 Å². The van der Waals surface area contributed by atoms with Gasteiger partial charge in [-0.2, -0.15) is 0 Å². The van der Waals surface area contributed by atoms with Crippen molar-refractivity contribution in [3.63, 3.8) is 0 Å². The minimum atomic E-state index is -1.14. The average molecular weight is 287 g/mol. The summed E-state index contributed by atoms with van der Waals surface area (Å²) in [6.07, 6.45) is 0. The molecule has 21 heavy (non-hydrogen) atoms. The average Bonchev–Trinajstić information content (AvgIpc) is 2.49. The lowest BCUT2D eigenvalue weighted by atomic mass is 10.1. The van der Waals surface area contributed by atoms with Crippen LogP contribution >= 0.6 is 0 Å². The Hall–Kier alpha value is -3.02. The molecule has 0 saturated heterocycles. The first-order chi connectivity index (χ1) is 10.0. The molecule has 6 nitrogen and oxygen atoms in total. The van der Waals surface area contributed by atoms with Gasteiger partial charge in [0.2, 0.25) is 0 Å². The van der Waals surface area contributed by atoms with Crippen LogP contribution in [0, 0.1) is 0 Å². The van der Waals surface area contributed by atoms with Crippen LogP contribution in [0.1, 0.15) is 20.7 Å². The number of ether oxygens (including phenoxy) is 1. The quantitative estimate of drug-likeness (QED) is 0.750. The van der Waals surface area contributed by atoms with E-state index in [2.05, 4.69) is 5.32 Å². The zero-order valence-corrected chi connectivity index (χ0v) is 11.2. The van der Waals surface area contributed by atoms with Gasteiger partial charge in [0.25, 0.3) is 5.91 Å². The summed E-state index contributed by atoms with van der Waals surface area (Å²) >= 11 is 0. The van der Waals surface area contributed by atoms with Crippen molar-refractivity contribution in [3.8, 4) is 11.5 Å². The van der Waals surface area contributed by atoms with Gasteiger partial charge in [0.05, 0.1) is 18.4 Å². The van der Waals surface area contributed by atoms with Crippen molar-refractivity contribution in [3.05, 3.63) is 53.6 Å². The summed E-state index contributed by atoms with van der Waals surface area (Å²) in [6, 6.07) is 10.0. The van der Waals surface area contributed by atoms with Gasteiger partial charge in [0.15, 0.2) is 0 Å². The van der Waals surface area contributed by atoms with E-state index < -0.39 is 11.9 Å². The molecule has 2 rings (SSSR count). The van der Waals surface area contributed by atoms with E-state index in [9.17, 15) is 14.7 Å². The van der Waals surface area contributed by atoms with Crippen molar-refractivity contribution in [1.29, 1.82) is 0 Å². The summed E-state index contributed by atoms with van der Waals surface area (Å²) in [5.74, 6) is -1.20. The predicted molar refractivity (Wildman–Crippen MR) is 76.0 cm³/mol. The molecule has 0 radical (unpaired) electrons. The third-order valence-corrected chi connectivity index (χ3v) is 2.84. The summed E-state index contributed by atoms with van der Waals surface area (Å²) in [4.78, 5) is 22.9. The molecule has 0 saturated carbocycles. The van der Waals surface area contributed by atoms with E-state index in [1.807, 2.05) is 0 Å². The topological polar surface area (TPSA) is 95.9 Å². The van der Waals surface area contributed by atoms with E-state index in [-0.39, 0.29) is 17.0 Å². The molecule has 2 aromatic carbocycles. The molecule has 0 spiro atoms. The highest BCUT2D eigenvalue weighted by atomic mass is 16.5. The van der Waals surface area contributed by atoms with Crippen LogP contribution in [0.15, 0.2) is 42.5 Å². The number of hydrogen-bond donors (Lipinski definition) is 3. The number of carboxylic acids is 1. The molecule has 0 unspecified atom stereocenters. The molecule has 0 atom stereocenters. The van der Waals surface area contributed by atoms with Crippen molar-refractivity contribution in [1.82, 2.24) is 0 Å². The molecule has 0 aromatic heterocycles. The molecule has 2 aromatic rings. The monoisotopic (exact) mass is 287 g/mol. The van der Waals surface area contributed by atoms with Gasteiger partial charge < -0.3 is 20.3 Å². The normalized spacial score (nSPS) is 9.95. The van der Waals surface area contributed by atoms with E-state index in [0.29, 0.717) is 11.3 Å². The van der Waals surface area contributed by atoms with Gasteiger partial charge in [-0.1, -0.05) is 0 Å². The van der Waals surface area contributed by atoms with Crippen molar-refractivity contribution in [2.75, 3.05) is 12.4 Å². The van der Waals surface area contributed by atoms with E-state index in [4.69, 9.17) is 9.84 Å². The minimum absolute atomic E-state index is 0.0298. The molecule has 0 aliphatic heterocycles. The van der Waals surface area contributed by atoms with Crippen LogP contribution in [0.3, 0.4) is 0 Å². The number of aromatic carboxylic acids is 1. The number of phenols is 1. The van der Waals surface area contributed by atoms with Crippen LogP contribution in [0.25, 0.3) is 0 Å². The Labute approximate surface area is 120 Å². The summed E-state index contributed by atoms with van der Waals surface area (Å²) < 4.78 is 4.99.